The number of fused-ring (bicyclic) bond motifs is 1. The summed E-state index contributed by atoms with van der Waals surface area (Å²) in [7, 11) is 8.14. The fourth-order valence-electron chi connectivity index (χ4n) is 4.27. The Morgan fingerprint density at radius 2 is 1.25 bits per heavy atom. The van der Waals surface area contributed by atoms with Crippen LogP contribution in [0.25, 0.3) is 10.2 Å². The van der Waals surface area contributed by atoms with Crippen LogP contribution in [0.15, 0.2) is 28.6 Å². The minimum Gasteiger partial charge on any atom is -0.420 e. The van der Waals surface area contributed by atoms with Gasteiger partial charge in [0, 0.05) is 12.9 Å². The van der Waals surface area contributed by atoms with Gasteiger partial charge in [-0.3, -0.25) is 0 Å². The molecule has 0 aliphatic carbocycles. The first-order chi connectivity index (χ1) is 17.6. The van der Waals surface area contributed by atoms with Gasteiger partial charge in [-0.05, 0) is 68.1 Å². The molecule has 1 heterocycles. The van der Waals surface area contributed by atoms with Crippen molar-refractivity contribution in [1.82, 2.24) is 4.98 Å². The van der Waals surface area contributed by atoms with Gasteiger partial charge in [-0.1, -0.05) is 119 Å². The van der Waals surface area contributed by atoms with E-state index in [9.17, 15) is 0 Å². The van der Waals surface area contributed by atoms with Crippen molar-refractivity contribution >= 4 is 71.1 Å². The Bertz CT molecular complexity index is 755. The van der Waals surface area contributed by atoms with Crippen molar-refractivity contribution in [2.24, 2.45) is 0 Å². The van der Waals surface area contributed by atoms with Crippen LogP contribution in [0.1, 0.15) is 103 Å². The lowest BCUT2D eigenvalue weighted by atomic mass is 10.0. The molecule has 0 bridgehead atoms. The third kappa shape index (κ3) is 16.6. The lowest BCUT2D eigenvalue weighted by Crippen LogP contribution is -2.27. The lowest BCUT2D eigenvalue weighted by Gasteiger charge is -2.19. The van der Waals surface area contributed by atoms with E-state index in [0.717, 1.165) is 5.52 Å². The molecule has 0 fully saturated rings. The molecule has 0 radical (unpaired) electrons. The van der Waals surface area contributed by atoms with Gasteiger partial charge in [0.05, 0.1) is 10.2 Å². The molecule has 0 aliphatic heterocycles. The SMILES string of the molecule is CO[Si](C)(C)CCCCCCCCCCCCCCCCCCSSSSc1nc2ccccc2s1. The molecule has 0 atom stereocenters. The number of para-hydroxylation sites is 1. The molecule has 2 nitrogen and oxygen atoms in total. The van der Waals surface area contributed by atoms with Crippen LogP contribution >= 0.6 is 52.6 Å². The van der Waals surface area contributed by atoms with Crippen molar-refractivity contribution in [3.05, 3.63) is 24.3 Å². The van der Waals surface area contributed by atoms with Crippen LogP contribution < -0.4 is 0 Å². The maximum Gasteiger partial charge on any atom is 0.186 e. The van der Waals surface area contributed by atoms with Gasteiger partial charge in [0.25, 0.3) is 0 Å². The minimum atomic E-state index is -1.31. The topological polar surface area (TPSA) is 22.1 Å². The monoisotopic (exact) mass is 603 g/mol. The first-order valence-corrected chi connectivity index (χ1v) is 23.1. The van der Waals surface area contributed by atoms with Crippen LogP contribution in [0.4, 0.5) is 0 Å². The third-order valence-electron chi connectivity index (χ3n) is 6.76. The van der Waals surface area contributed by atoms with E-state index in [1.807, 2.05) is 37.6 Å². The molecule has 0 aliphatic rings. The summed E-state index contributed by atoms with van der Waals surface area (Å²) < 4.78 is 8.09. The maximum atomic E-state index is 5.63. The number of hydrogen-bond acceptors (Lipinski definition) is 7. The highest BCUT2D eigenvalue weighted by Crippen LogP contribution is 2.48. The Hall–Kier alpha value is 0.687. The number of hydrogen-bond donors (Lipinski definition) is 0. The van der Waals surface area contributed by atoms with Crippen LogP contribution in [0.3, 0.4) is 0 Å². The van der Waals surface area contributed by atoms with Crippen LogP contribution in [0, 0.1) is 0 Å². The second-order valence-electron chi connectivity index (χ2n) is 10.4. The zero-order chi connectivity index (χ0) is 25.7. The van der Waals surface area contributed by atoms with Crippen LogP contribution in [0.5, 0.6) is 0 Å². The molecule has 1 aromatic carbocycles. The van der Waals surface area contributed by atoms with Crippen molar-refractivity contribution in [2.45, 2.75) is 126 Å². The number of nitrogens with zero attached hydrogens (tertiary/aromatic N) is 1. The Labute approximate surface area is 242 Å². The van der Waals surface area contributed by atoms with Gasteiger partial charge < -0.3 is 4.43 Å². The largest absolute Gasteiger partial charge is 0.420 e. The van der Waals surface area contributed by atoms with Gasteiger partial charge in [-0.15, -0.1) is 11.3 Å². The highest BCUT2D eigenvalue weighted by atomic mass is 33.7. The highest BCUT2D eigenvalue weighted by molar-refractivity contribution is 9.26. The van der Waals surface area contributed by atoms with Gasteiger partial charge in [0.15, 0.2) is 12.7 Å². The predicted molar refractivity (Wildman–Crippen MR) is 176 cm³/mol. The van der Waals surface area contributed by atoms with Crippen LogP contribution in [-0.2, 0) is 4.43 Å². The summed E-state index contributed by atoms with van der Waals surface area (Å²) in [4.78, 5) is 4.68. The van der Waals surface area contributed by atoms with Crippen molar-refractivity contribution in [1.29, 1.82) is 0 Å². The van der Waals surface area contributed by atoms with E-state index in [1.165, 1.54) is 124 Å². The number of unbranched alkanes of at least 4 members (excludes halogenated alkanes) is 15. The molecule has 2 aromatic rings. The zero-order valence-electron chi connectivity index (χ0n) is 22.9. The summed E-state index contributed by atoms with van der Waals surface area (Å²) in [5.74, 6) is 1.27. The Morgan fingerprint density at radius 3 is 1.81 bits per heavy atom. The smallest absolute Gasteiger partial charge is 0.186 e. The quantitative estimate of drug-likeness (QED) is 0.0671. The molecule has 8 heteroatoms. The summed E-state index contributed by atoms with van der Waals surface area (Å²) in [6.07, 6.45) is 22.9. The molecule has 206 valence electrons. The van der Waals surface area contributed by atoms with Crippen LogP contribution in [0.2, 0.25) is 19.1 Å². The third-order valence-corrected chi connectivity index (χ3v) is 17.1. The Balaban J connectivity index is 1.23. The molecule has 0 saturated carbocycles. The molecule has 1 aromatic heterocycles. The Morgan fingerprint density at radius 1 is 0.722 bits per heavy atom. The van der Waals surface area contributed by atoms with E-state index in [2.05, 4.69) is 42.3 Å². The summed E-state index contributed by atoms with van der Waals surface area (Å²) in [5, 5.41) is 0. The standard InChI is InChI=1S/C28H49NOS5Si/c1-30-36(2,3)25-21-17-15-13-11-9-7-5-4-6-8-10-12-14-16-20-24-31-34-35-33-28-29-26-22-18-19-23-27(26)32-28/h18-19,22-23H,4-17,20-21,24-25H2,1-3H3. The summed E-state index contributed by atoms with van der Waals surface area (Å²) in [5.41, 5.74) is 1.12. The van der Waals surface area contributed by atoms with Gasteiger partial charge in [-0.2, -0.15) is 0 Å². The molecule has 0 amide bonds. The molecular formula is C28H49NOS5Si. The van der Waals surface area contributed by atoms with E-state index < -0.39 is 8.32 Å². The summed E-state index contributed by atoms with van der Waals surface area (Å²) >= 11 is 1.80. The number of aromatic nitrogens is 1. The normalized spacial score (nSPS) is 12.1. The van der Waals surface area contributed by atoms with E-state index >= 15 is 0 Å². The fraction of sp³-hybridized carbons (Fsp3) is 0.750. The van der Waals surface area contributed by atoms with E-state index in [4.69, 9.17) is 4.43 Å². The molecule has 36 heavy (non-hydrogen) atoms. The highest BCUT2D eigenvalue weighted by Gasteiger charge is 2.19. The average Bonchev–Trinajstić information content (AvgIpc) is 3.30. The van der Waals surface area contributed by atoms with Crippen molar-refractivity contribution < 1.29 is 4.43 Å². The number of benzene rings is 1. The van der Waals surface area contributed by atoms with Crippen molar-refractivity contribution in [2.75, 3.05) is 12.9 Å². The Kier molecular flexibility index (Phi) is 19.6. The van der Waals surface area contributed by atoms with Gasteiger partial charge in [0.1, 0.15) is 0 Å². The second-order valence-corrected chi connectivity index (χ2v) is 22.0. The fourth-order valence-corrected chi connectivity index (χ4v) is 13.0. The zero-order valence-corrected chi connectivity index (χ0v) is 28.0. The van der Waals surface area contributed by atoms with Crippen molar-refractivity contribution in [3.8, 4) is 0 Å². The molecule has 0 unspecified atom stereocenters. The molecule has 0 N–H and O–H groups in total. The van der Waals surface area contributed by atoms with Crippen LogP contribution in [-0.4, -0.2) is 26.2 Å². The average molecular weight is 604 g/mol. The minimum absolute atomic E-state index is 1.12. The lowest BCUT2D eigenvalue weighted by molar-refractivity contribution is 0.400. The molecule has 0 spiro atoms. The van der Waals surface area contributed by atoms with Gasteiger partial charge >= 0.3 is 0 Å². The van der Waals surface area contributed by atoms with Crippen molar-refractivity contribution in [3.63, 3.8) is 0 Å². The van der Waals surface area contributed by atoms with Gasteiger partial charge in [-0.25, -0.2) is 4.98 Å². The summed E-state index contributed by atoms with van der Waals surface area (Å²) in [6.45, 7) is 4.67. The molecular weight excluding hydrogens is 555 g/mol. The van der Waals surface area contributed by atoms with E-state index in [-0.39, 0.29) is 0 Å². The van der Waals surface area contributed by atoms with E-state index in [0.29, 0.717) is 0 Å². The second kappa shape index (κ2) is 21.5. The summed E-state index contributed by atoms with van der Waals surface area (Å²) in [6, 6.07) is 9.73. The first-order valence-electron chi connectivity index (χ1n) is 14.1. The first kappa shape index (κ1) is 32.9. The maximum absolute atomic E-state index is 5.63. The number of thiazole rings is 1. The molecule has 2 rings (SSSR count). The van der Waals surface area contributed by atoms with E-state index in [1.54, 1.807) is 22.1 Å². The number of rotatable bonds is 24. The predicted octanol–water partition coefficient (Wildman–Crippen LogP) is 12.4. The molecule has 0 saturated heterocycles. The van der Waals surface area contributed by atoms with Gasteiger partial charge in [0.2, 0.25) is 0 Å².